The molecule has 0 bridgehead atoms. The van der Waals surface area contributed by atoms with Gasteiger partial charge in [0.05, 0.1) is 5.39 Å². The summed E-state index contributed by atoms with van der Waals surface area (Å²) in [6, 6.07) is 12.4. The van der Waals surface area contributed by atoms with Gasteiger partial charge in [-0.2, -0.15) is 0 Å². The molecule has 156 valence electrons. The van der Waals surface area contributed by atoms with Gasteiger partial charge < -0.3 is 24.1 Å². The number of hydrogen-bond acceptors (Lipinski definition) is 6. The average molecular weight is 408 g/mol. The Morgan fingerprint density at radius 3 is 2.67 bits per heavy atom. The van der Waals surface area contributed by atoms with Gasteiger partial charge in [-0.25, -0.2) is 0 Å². The van der Waals surface area contributed by atoms with Crippen LogP contribution < -0.4 is 20.2 Å². The highest BCUT2D eigenvalue weighted by molar-refractivity contribution is 5.82. The van der Waals surface area contributed by atoms with Crippen LogP contribution in [0, 0.1) is 6.92 Å². The van der Waals surface area contributed by atoms with Gasteiger partial charge in [0.2, 0.25) is 0 Å². The minimum Gasteiger partial charge on any atom is -0.456 e. The molecule has 1 unspecified atom stereocenters. The lowest BCUT2D eigenvalue weighted by Crippen LogP contribution is -2.40. The van der Waals surface area contributed by atoms with Crippen LogP contribution in [-0.4, -0.2) is 44.3 Å². The zero-order valence-corrected chi connectivity index (χ0v) is 17.2. The second kappa shape index (κ2) is 8.20. The van der Waals surface area contributed by atoms with Gasteiger partial charge in [-0.05, 0) is 64.3 Å². The molecule has 1 aliphatic heterocycles. The molecule has 2 aromatic carbocycles. The van der Waals surface area contributed by atoms with E-state index in [0.717, 1.165) is 13.0 Å². The van der Waals surface area contributed by atoms with Crippen molar-refractivity contribution in [3.63, 3.8) is 0 Å². The number of carbonyl (C=O) groups is 1. The number of nitrogens with one attached hydrogen (secondary N) is 1. The van der Waals surface area contributed by atoms with Gasteiger partial charge in [0.15, 0.2) is 16.9 Å². The Labute approximate surface area is 174 Å². The van der Waals surface area contributed by atoms with Gasteiger partial charge in [-0.3, -0.25) is 9.59 Å². The molecule has 2 heterocycles. The SMILES string of the molecule is Cc1c(-c2ccc3c(c2)OC(C(=O)NCCCN(C)C)O3)oc2ccccc2c1=O. The molecule has 0 fully saturated rings. The predicted octanol–water partition coefficient (Wildman–Crippen LogP) is 2.93. The van der Waals surface area contributed by atoms with Gasteiger partial charge >= 0.3 is 12.2 Å². The van der Waals surface area contributed by atoms with Gasteiger partial charge in [0, 0.05) is 17.7 Å². The third kappa shape index (κ3) is 3.89. The third-order valence-corrected chi connectivity index (χ3v) is 4.99. The molecule has 0 aliphatic carbocycles. The van der Waals surface area contributed by atoms with E-state index in [1.807, 2.05) is 26.2 Å². The summed E-state index contributed by atoms with van der Waals surface area (Å²) in [4.78, 5) is 27.1. The number of hydrogen-bond donors (Lipinski definition) is 1. The zero-order chi connectivity index (χ0) is 21.3. The summed E-state index contributed by atoms with van der Waals surface area (Å²) >= 11 is 0. The second-order valence-electron chi connectivity index (χ2n) is 7.56. The van der Waals surface area contributed by atoms with E-state index in [2.05, 4.69) is 10.2 Å². The van der Waals surface area contributed by atoms with Gasteiger partial charge in [0.25, 0.3) is 0 Å². The monoisotopic (exact) mass is 408 g/mol. The minimum atomic E-state index is -1.03. The Balaban J connectivity index is 1.53. The Bertz CT molecular complexity index is 1150. The average Bonchev–Trinajstić information content (AvgIpc) is 3.17. The van der Waals surface area contributed by atoms with Crippen LogP contribution in [-0.2, 0) is 4.79 Å². The molecule has 30 heavy (non-hydrogen) atoms. The van der Waals surface area contributed by atoms with Gasteiger partial charge in [-0.1, -0.05) is 12.1 Å². The molecule has 1 amide bonds. The molecule has 1 aliphatic rings. The third-order valence-electron chi connectivity index (χ3n) is 4.99. The van der Waals surface area contributed by atoms with E-state index in [0.29, 0.717) is 45.9 Å². The Hall–Kier alpha value is -3.32. The summed E-state index contributed by atoms with van der Waals surface area (Å²) in [6.07, 6.45) is -0.192. The highest BCUT2D eigenvalue weighted by Crippen LogP contribution is 2.39. The molecule has 0 saturated carbocycles. The molecule has 1 atom stereocenters. The van der Waals surface area contributed by atoms with Gasteiger partial charge in [0.1, 0.15) is 11.3 Å². The van der Waals surface area contributed by atoms with E-state index < -0.39 is 6.29 Å². The summed E-state index contributed by atoms with van der Waals surface area (Å²) in [6.45, 7) is 3.16. The van der Waals surface area contributed by atoms with E-state index >= 15 is 0 Å². The highest BCUT2D eigenvalue weighted by atomic mass is 16.7. The first kappa shape index (κ1) is 20.0. The van der Waals surface area contributed by atoms with Crippen molar-refractivity contribution in [3.8, 4) is 22.8 Å². The van der Waals surface area contributed by atoms with Crippen LogP contribution >= 0.6 is 0 Å². The number of nitrogens with zero attached hydrogens (tertiary/aromatic N) is 1. The van der Waals surface area contributed by atoms with Crippen molar-refractivity contribution >= 4 is 16.9 Å². The number of carbonyl (C=O) groups excluding carboxylic acids is 1. The predicted molar refractivity (Wildman–Crippen MR) is 114 cm³/mol. The van der Waals surface area contributed by atoms with Crippen LogP contribution in [0.3, 0.4) is 0 Å². The summed E-state index contributed by atoms with van der Waals surface area (Å²) in [5.41, 5.74) is 1.66. The molecular formula is C23H24N2O5. The van der Waals surface area contributed by atoms with E-state index in [9.17, 15) is 9.59 Å². The molecule has 3 aromatic rings. The van der Waals surface area contributed by atoms with Crippen molar-refractivity contribution in [1.29, 1.82) is 0 Å². The number of rotatable bonds is 6. The maximum Gasteiger partial charge on any atom is 0.321 e. The summed E-state index contributed by atoms with van der Waals surface area (Å²) in [5, 5.41) is 3.37. The fourth-order valence-electron chi connectivity index (χ4n) is 3.40. The smallest absolute Gasteiger partial charge is 0.321 e. The Morgan fingerprint density at radius 2 is 1.87 bits per heavy atom. The molecule has 7 heteroatoms. The lowest BCUT2D eigenvalue weighted by molar-refractivity contribution is -0.136. The van der Waals surface area contributed by atoms with Crippen LogP contribution in [0.2, 0.25) is 0 Å². The number of ether oxygens (including phenoxy) is 2. The number of amides is 1. The van der Waals surface area contributed by atoms with Crippen molar-refractivity contribution in [2.45, 2.75) is 19.6 Å². The zero-order valence-electron chi connectivity index (χ0n) is 17.2. The molecule has 0 saturated heterocycles. The number of para-hydroxylation sites is 1. The second-order valence-corrected chi connectivity index (χ2v) is 7.56. The van der Waals surface area contributed by atoms with Crippen LogP contribution in [0.1, 0.15) is 12.0 Å². The first-order valence-corrected chi connectivity index (χ1v) is 9.86. The normalized spacial score (nSPS) is 15.0. The Kier molecular flexibility index (Phi) is 5.46. The largest absolute Gasteiger partial charge is 0.456 e. The first-order chi connectivity index (χ1) is 14.4. The van der Waals surface area contributed by atoms with Crippen molar-refractivity contribution in [2.24, 2.45) is 0 Å². The maximum absolute atomic E-state index is 12.7. The van der Waals surface area contributed by atoms with Crippen LogP contribution in [0.5, 0.6) is 11.5 Å². The number of benzene rings is 2. The van der Waals surface area contributed by atoms with E-state index in [1.165, 1.54) is 0 Å². The molecule has 4 rings (SSSR count). The van der Waals surface area contributed by atoms with Gasteiger partial charge in [-0.15, -0.1) is 0 Å². The van der Waals surface area contributed by atoms with Crippen LogP contribution in [0.15, 0.2) is 51.7 Å². The van der Waals surface area contributed by atoms with E-state index in [-0.39, 0.29) is 11.3 Å². The van der Waals surface area contributed by atoms with Crippen LogP contribution in [0.25, 0.3) is 22.3 Å². The molecule has 7 nitrogen and oxygen atoms in total. The summed E-state index contributed by atoms with van der Waals surface area (Å²) in [7, 11) is 3.97. The molecular weight excluding hydrogens is 384 g/mol. The quantitative estimate of drug-likeness (QED) is 0.632. The topological polar surface area (TPSA) is 81.0 Å². The lowest BCUT2D eigenvalue weighted by atomic mass is 10.1. The van der Waals surface area contributed by atoms with Crippen molar-refractivity contribution in [1.82, 2.24) is 10.2 Å². The summed E-state index contributed by atoms with van der Waals surface area (Å²) in [5.74, 6) is 1.07. The standard InChI is InChI=1S/C23H24N2O5/c1-14-20(26)16-7-4-5-8-17(16)28-21(14)15-9-10-18-19(13-15)30-23(29-18)22(27)24-11-6-12-25(2)3/h4-5,7-10,13,23H,6,11-12H2,1-3H3,(H,24,27). The Morgan fingerprint density at radius 1 is 1.10 bits per heavy atom. The lowest BCUT2D eigenvalue weighted by Gasteiger charge is -2.12. The molecule has 0 spiro atoms. The van der Waals surface area contributed by atoms with E-state index in [4.69, 9.17) is 13.9 Å². The molecule has 1 aromatic heterocycles. The van der Waals surface area contributed by atoms with Crippen molar-refractivity contribution in [3.05, 3.63) is 58.3 Å². The van der Waals surface area contributed by atoms with Crippen molar-refractivity contribution < 1.29 is 18.7 Å². The fourth-order valence-corrected chi connectivity index (χ4v) is 3.40. The number of fused-ring (bicyclic) bond motifs is 2. The summed E-state index contributed by atoms with van der Waals surface area (Å²) < 4.78 is 17.3. The van der Waals surface area contributed by atoms with E-state index in [1.54, 1.807) is 37.3 Å². The molecule has 1 N–H and O–H groups in total. The van der Waals surface area contributed by atoms with Crippen LogP contribution in [0.4, 0.5) is 0 Å². The maximum atomic E-state index is 12.7. The minimum absolute atomic E-state index is 0.0699. The first-order valence-electron chi connectivity index (χ1n) is 9.86. The highest BCUT2D eigenvalue weighted by Gasteiger charge is 2.31. The molecule has 0 radical (unpaired) electrons. The fraction of sp³-hybridized carbons (Fsp3) is 0.304. The van der Waals surface area contributed by atoms with Crippen molar-refractivity contribution in [2.75, 3.05) is 27.2 Å².